The first-order chi connectivity index (χ1) is 11.4. The van der Waals surface area contributed by atoms with Crippen LogP contribution in [0.2, 0.25) is 0 Å². The lowest BCUT2D eigenvalue weighted by Gasteiger charge is -2.20. The SMILES string of the molecule is COC(=O)c1cc(O)c2c(c1)C(=O)c1c(O)cc(OC)cc1C2=O. The van der Waals surface area contributed by atoms with E-state index in [-0.39, 0.29) is 33.6 Å². The molecule has 0 spiro atoms. The van der Waals surface area contributed by atoms with E-state index in [1.54, 1.807) is 0 Å². The highest BCUT2D eigenvalue weighted by molar-refractivity contribution is 6.30. The first-order valence-electron chi connectivity index (χ1n) is 6.84. The van der Waals surface area contributed by atoms with Gasteiger partial charge in [0.1, 0.15) is 17.2 Å². The number of ether oxygens (including phenoxy) is 2. The third kappa shape index (κ3) is 2.10. The molecule has 0 saturated carbocycles. The average Bonchev–Trinajstić information content (AvgIpc) is 2.57. The van der Waals surface area contributed by atoms with Gasteiger partial charge in [0.2, 0.25) is 0 Å². The van der Waals surface area contributed by atoms with Crippen LogP contribution in [-0.4, -0.2) is 42.0 Å². The number of esters is 1. The number of fused-ring (bicyclic) bond motifs is 2. The molecule has 2 N–H and O–H groups in total. The van der Waals surface area contributed by atoms with Crippen LogP contribution in [0.15, 0.2) is 24.3 Å². The normalized spacial score (nSPS) is 12.4. The molecular weight excluding hydrogens is 316 g/mol. The fourth-order valence-electron chi connectivity index (χ4n) is 2.69. The Hall–Kier alpha value is -3.35. The van der Waals surface area contributed by atoms with Gasteiger partial charge in [0.05, 0.1) is 30.9 Å². The summed E-state index contributed by atoms with van der Waals surface area (Å²) in [7, 11) is 2.50. The summed E-state index contributed by atoms with van der Waals surface area (Å²) in [4.78, 5) is 37.0. The highest BCUT2D eigenvalue weighted by Crippen LogP contribution is 2.39. The summed E-state index contributed by atoms with van der Waals surface area (Å²) >= 11 is 0. The minimum absolute atomic E-state index is 0.0775. The van der Waals surface area contributed by atoms with E-state index in [1.165, 1.54) is 19.2 Å². The van der Waals surface area contributed by atoms with Crippen molar-refractivity contribution in [2.45, 2.75) is 0 Å². The van der Waals surface area contributed by atoms with Crippen LogP contribution in [0.5, 0.6) is 17.2 Å². The second-order valence-corrected chi connectivity index (χ2v) is 5.14. The lowest BCUT2D eigenvalue weighted by atomic mass is 9.82. The highest BCUT2D eigenvalue weighted by atomic mass is 16.5. The van der Waals surface area contributed by atoms with Crippen molar-refractivity contribution < 1.29 is 34.1 Å². The van der Waals surface area contributed by atoms with Gasteiger partial charge in [0.25, 0.3) is 0 Å². The molecule has 3 rings (SSSR count). The Kier molecular flexibility index (Phi) is 3.48. The van der Waals surface area contributed by atoms with Gasteiger partial charge in [-0.2, -0.15) is 0 Å². The Balaban J connectivity index is 2.29. The van der Waals surface area contributed by atoms with Crippen molar-refractivity contribution in [3.05, 3.63) is 52.1 Å². The van der Waals surface area contributed by atoms with Crippen LogP contribution in [0, 0.1) is 0 Å². The number of rotatable bonds is 2. The maximum Gasteiger partial charge on any atom is 0.338 e. The van der Waals surface area contributed by atoms with Gasteiger partial charge >= 0.3 is 5.97 Å². The molecule has 0 saturated heterocycles. The van der Waals surface area contributed by atoms with Gasteiger partial charge in [-0.15, -0.1) is 0 Å². The van der Waals surface area contributed by atoms with E-state index in [1.807, 2.05) is 0 Å². The van der Waals surface area contributed by atoms with E-state index >= 15 is 0 Å². The number of hydrogen-bond acceptors (Lipinski definition) is 7. The molecule has 0 unspecified atom stereocenters. The summed E-state index contributed by atoms with van der Waals surface area (Å²) < 4.78 is 9.54. The average molecular weight is 328 g/mol. The number of ketones is 2. The maximum absolute atomic E-state index is 12.7. The second-order valence-electron chi connectivity index (χ2n) is 5.14. The summed E-state index contributed by atoms with van der Waals surface area (Å²) in [5.74, 6) is -2.83. The largest absolute Gasteiger partial charge is 0.507 e. The standard InChI is InChI=1S/C17H12O7/c1-23-8-5-10-14(12(19)6-8)15(20)9-3-7(17(22)24-2)4-11(18)13(9)16(10)21/h3-6,18-19H,1-2H3. The van der Waals surface area contributed by atoms with Gasteiger partial charge in [-0.3, -0.25) is 9.59 Å². The Morgan fingerprint density at radius 1 is 0.875 bits per heavy atom. The van der Waals surface area contributed by atoms with Crippen LogP contribution in [0.1, 0.15) is 42.2 Å². The van der Waals surface area contributed by atoms with Gasteiger partial charge in [-0.25, -0.2) is 4.79 Å². The molecule has 0 amide bonds. The van der Waals surface area contributed by atoms with Crippen molar-refractivity contribution in [1.82, 2.24) is 0 Å². The number of methoxy groups -OCH3 is 2. The molecule has 1 aliphatic carbocycles. The van der Waals surface area contributed by atoms with Crippen LogP contribution in [0.4, 0.5) is 0 Å². The molecule has 122 valence electrons. The third-order valence-electron chi connectivity index (χ3n) is 3.81. The molecule has 0 radical (unpaired) electrons. The lowest BCUT2D eigenvalue weighted by molar-refractivity contribution is 0.0600. The van der Waals surface area contributed by atoms with Crippen LogP contribution < -0.4 is 4.74 Å². The summed E-state index contributed by atoms with van der Waals surface area (Å²) in [5.41, 5.74) is -0.757. The molecule has 2 aromatic carbocycles. The van der Waals surface area contributed by atoms with Crippen molar-refractivity contribution in [3.63, 3.8) is 0 Å². The van der Waals surface area contributed by atoms with Gasteiger partial charge in [0, 0.05) is 17.2 Å². The van der Waals surface area contributed by atoms with Crippen LogP contribution in [0.25, 0.3) is 0 Å². The molecule has 0 heterocycles. The van der Waals surface area contributed by atoms with Gasteiger partial charge in [0.15, 0.2) is 11.6 Å². The predicted molar refractivity (Wildman–Crippen MR) is 81.0 cm³/mol. The number of aromatic hydroxyl groups is 2. The molecule has 0 atom stereocenters. The van der Waals surface area contributed by atoms with Crippen molar-refractivity contribution in [2.24, 2.45) is 0 Å². The summed E-state index contributed by atoms with van der Waals surface area (Å²) in [5, 5.41) is 20.2. The molecule has 0 aliphatic heterocycles. The van der Waals surface area contributed by atoms with Gasteiger partial charge < -0.3 is 19.7 Å². The Bertz CT molecular complexity index is 912. The van der Waals surface area contributed by atoms with Crippen molar-refractivity contribution in [2.75, 3.05) is 14.2 Å². The molecule has 7 nitrogen and oxygen atoms in total. The summed E-state index contributed by atoms with van der Waals surface area (Å²) in [6.07, 6.45) is 0. The van der Waals surface area contributed by atoms with E-state index in [0.29, 0.717) is 0 Å². The molecule has 2 aromatic rings. The lowest BCUT2D eigenvalue weighted by Crippen LogP contribution is -2.22. The topological polar surface area (TPSA) is 110 Å². The number of benzene rings is 2. The van der Waals surface area contributed by atoms with Crippen molar-refractivity contribution in [3.8, 4) is 17.2 Å². The van der Waals surface area contributed by atoms with E-state index in [9.17, 15) is 24.6 Å². The number of carbonyl (C=O) groups excluding carboxylic acids is 3. The van der Waals surface area contributed by atoms with Gasteiger partial charge in [-0.1, -0.05) is 0 Å². The van der Waals surface area contributed by atoms with Crippen LogP contribution >= 0.6 is 0 Å². The van der Waals surface area contributed by atoms with Crippen molar-refractivity contribution >= 4 is 17.5 Å². The minimum Gasteiger partial charge on any atom is -0.507 e. The zero-order chi connectivity index (χ0) is 17.6. The molecule has 0 bridgehead atoms. The number of carbonyl (C=O) groups is 3. The number of phenolic OH excluding ortho intramolecular Hbond substituents is 2. The molecule has 1 aliphatic rings. The van der Waals surface area contributed by atoms with Crippen LogP contribution in [0.3, 0.4) is 0 Å². The molecule has 7 heteroatoms. The Labute approximate surface area is 136 Å². The monoisotopic (exact) mass is 328 g/mol. The van der Waals surface area contributed by atoms with E-state index in [4.69, 9.17) is 4.74 Å². The van der Waals surface area contributed by atoms with E-state index in [2.05, 4.69) is 4.74 Å². The molecule has 0 aromatic heterocycles. The first kappa shape index (κ1) is 15.5. The number of phenols is 2. The first-order valence-corrected chi connectivity index (χ1v) is 6.84. The number of hydrogen-bond donors (Lipinski definition) is 2. The van der Waals surface area contributed by atoms with Gasteiger partial charge in [-0.05, 0) is 18.2 Å². The molecular formula is C17H12O7. The van der Waals surface area contributed by atoms with E-state index < -0.39 is 29.0 Å². The highest BCUT2D eigenvalue weighted by Gasteiger charge is 2.35. The zero-order valence-corrected chi connectivity index (χ0v) is 12.7. The molecule has 0 fully saturated rings. The predicted octanol–water partition coefficient (Wildman–Crippen LogP) is 1.67. The van der Waals surface area contributed by atoms with Crippen molar-refractivity contribution in [1.29, 1.82) is 0 Å². The molecule has 24 heavy (non-hydrogen) atoms. The third-order valence-corrected chi connectivity index (χ3v) is 3.81. The van der Waals surface area contributed by atoms with E-state index in [0.717, 1.165) is 19.2 Å². The fraction of sp³-hybridized carbons (Fsp3) is 0.118. The summed E-state index contributed by atoms with van der Waals surface area (Å²) in [6.45, 7) is 0. The maximum atomic E-state index is 12.7. The quantitative estimate of drug-likeness (QED) is 0.688. The van der Waals surface area contributed by atoms with Crippen LogP contribution in [-0.2, 0) is 4.74 Å². The zero-order valence-electron chi connectivity index (χ0n) is 12.7. The Morgan fingerprint density at radius 2 is 1.42 bits per heavy atom. The Morgan fingerprint density at radius 3 is 1.96 bits per heavy atom. The smallest absolute Gasteiger partial charge is 0.338 e. The minimum atomic E-state index is -0.766. The second kappa shape index (κ2) is 5.38. The summed E-state index contributed by atoms with van der Waals surface area (Å²) in [6, 6.07) is 4.74. The fourth-order valence-corrected chi connectivity index (χ4v) is 2.69.